The molecule has 0 aromatic heterocycles. The molecule has 4 heteroatoms. The highest BCUT2D eigenvalue weighted by atomic mass is 16.5. The number of hydrogen-bond donors (Lipinski definition) is 1. The van der Waals surface area contributed by atoms with Crippen molar-refractivity contribution in [3.05, 3.63) is 29.8 Å². The normalized spacial score (nSPS) is 17.0. The van der Waals surface area contributed by atoms with Gasteiger partial charge in [0.2, 0.25) is 0 Å². The van der Waals surface area contributed by atoms with Crippen LogP contribution in [0, 0.1) is 0 Å². The number of rotatable bonds is 5. The third-order valence-corrected chi connectivity index (χ3v) is 2.91. The average Bonchev–Trinajstić information content (AvgIpc) is 2.40. The fourth-order valence-corrected chi connectivity index (χ4v) is 1.88. The van der Waals surface area contributed by atoms with E-state index in [1.807, 2.05) is 24.3 Å². The molecule has 2 rings (SSSR count). The maximum atomic E-state index is 9.16. The molecule has 0 atom stereocenters. The molecule has 0 saturated carbocycles. The first-order chi connectivity index (χ1) is 8.40. The molecule has 0 amide bonds. The van der Waals surface area contributed by atoms with Crippen LogP contribution in [-0.2, 0) is 11.3 Å². The molecule has 1 saturated heterocycles. The molecule has 1 aromatic rings. The van der Waals surface area contributed by atoms with E-state index in [0.29, 0.717) is 6.61 Å². The Hall–Kier alpha value is -1.10. The highest BCUT2D eigenvalue weighted by Gasteiger charge is 2.10. The third-order valence-electron chi connectivity index (χ3n) is 2.91. The lowest BCUT2D eigenvalue weighted by Crippen LogP contribution is -2.38. The van der Waals surface area contributed by atoms with Gasteiger partial charge < -0.3 is 14.6 Å². The maximum absolute atomic E-state index is 9.16. The van der Waals surface area contributed by atoms with Crippen molar-refractivity contribution in [2.45, 2.75) is 6.61 Å². The van der Waals surface area contributed by atoms with E-state index in [1.165, 1.54) is 0 Å². The number of aliphatic hydroxyl groups is 1. The standard InChI is InChI=1S/C13H19NO3/c15-11-12-3-1-2-4-13(12)17-10-7-14-5-8-16-9-6-14/h1-4,15H,5-11H2. The quantitative estimate of drug-likeness (QED) is 0.826. The minimum Gasteiger partial charge on any atom is -0.492 e. The fraction of sp³-hybridized carbons (Fsp3) is 0.538. The summed E-state index contributed by atoms with van der Waals surface area (Å²) in [6.07, 6.45) is 0. The Morgan fingerprint density at radius 3 is 2.76 bits per heavy atom. The second-order valence-electron chi connectivity index (χ2n) is 4.07. The molecule has 0 spiro atoms. The Bertz CT molecular complexity index is 337. The van der Waals surface area contributed by atoms with Crippen molar-refractivity contribution >= 4 is 0 Å². The molecule has 1 aromatic carbocycles. The van der Waals surface area contributed by atoms with Crippen LogP contribution >= 0.6 is 0 Å². The van der Waals surface area contributed by atoms with Gasteiger partial charge in [-0.25, -0.2) is 0 Å². The maximum Gasteiger partial charge on any atom is 0.124 e. The monoisotopic (exact) mass is 237 g/mol. The minimum atomic E-state index is 0.0216. The van der Waals surface area contributed by atoms with Crippen LogP contribution in [0.3, 0.4) is 0 Å². The third kappa shape index (κ3) is 3.70. The Balaban J connectivity index is 1.77. The zero-order chi connectivity index (χ0) is 11.9. The van der Waals surface area contributed by atoms with Crippen LogP contribution in [0.4, 0.5) is 0 Å². The number of morpholine rings is 1. The smallest absolute Gasteiger partial charge is 0.124 e. The van der Waals surface area contributed by atoms with Gasteiger partial charge in [0.1, 0.15) is 12.4 Å². The van der Waals surface area contributed by atoms with E-state index in [1.54, 1.807) is 0 Å². The van der Waals surface area contributed by atoms with Crippen molar-refractivity contribution in [2.24, 2.45) is 0 Å². The number of hydrogen-bond acceptors (Lipinski definition) is 4. The zero-order valence-corrected chi connectivity index (χ0v) is 9.97. The molecule has 0 radical (unpaired) electrons. The molecule has 1 heterocycles. The van der Waals surface area contributed by atoms with Gasteiger partial charge in [-0.05, 0) is 6.07 Å². The van der Waals surface area contributed by atoms with Crippen LogP contribution in [0.2, 0.25) is 0 Å². The van der Waals surface area contributed by atoms with Gasteiger partial charge >= 0.3 is 0 Å². The molecule has 1 aliphatic rings. The van der Waals surface area contributed by atoms with Crippen LogP contribution < -0.4 is 4.74 Å². The number of benzene rings is 1. The first kappa shape index (κ1) is 12.4. The first-order valence-corrected chi connectivity index (χ1v) is 6.02. The summed E-state index contributed by atoms with van der Waals surface area (Å²) in [4.78, 5) is 2.32. The van der Waals surface area contributed by atoms with Gasteiger partial charge in [0.15, 0.2) is 0 Å². The van der Waals surface area contributed by atoms with Crippen molar-refractivity contribution < 1.29 is 14.6 Å². The summed E-state index contributed by atoms with van der Waals surface area (Å²) < 4.78 is 11.0. The van der Waals surface area contributed by atoms with Gasteiger partial charge in [0.25, 0.3) is 0 Å². The molecular weight excluding hydrogens is 218 g/mol. The lowest BCUT2D eigenvalue weighted by molar-refractivity contribution is 0.0321. The summed E-state index contributed by atoms with van der Waals surface area (Å²) in [5, 5.41) is 9.16. The van der Waals surface area contributed by atoms with Crippen molar-refractivity contribution in [2.75, 3.05) is 39.5 Å². The summed E-state index contributed by atoms with van der Waals surface area (Å²) in [6.45, 7) is 5.16. The average molecular weight is 237 g/mol. The molecule has 17 heavy (non-hydrogen) atoms. The van der Waals surface area contributed by atoms with Gasteiger partial charge in [-0.3, -0.25) is 4.90 Å². The predicted molar refractivity (Wildman–Crippen MR) is 65.1 cm³/mol. The van der Waals surface area contributed by atoms with E-state index in [-0.39, 0.29) is 6.61 Å². The molecule has 0 bridgehead atoms. The summed E-state index contributed by atoms with van der Waals surface area (Å²) in [5.74, 6) is 0.781. The van der Waals surface area contributed by atoms with Gasteiger partial charge in [0.05, 0.1) is 19.8 Å². The van der Waals surface area contributed by atoms with E-state index in [0.717, 1.165) is 44.2 Å². The Labute approximate surface area is 102 Å². The number of ether oxygens (including phenoxy) is 2. The number of aliphatic hydroxyl groups excluding tert-OH is 1. The summed E-state index contributed by atoms with van der Waals surface area (Å²) in [5.41, 5.74) is 0.842. The minimum absolute atomic E-state index is 0.0216. The van der Waals surface area contributed by atoms with E-state index >= 15 is 0 Å². The molecule has 0 aliphatic carbocycles. The largest absolute Gasteiger partial charge is 0.492 e. The van der Waals surface area contributed by atoms with Gasteiger partial charge in [-0.15, -0.1) is 0 Å². The molecular formula is C13H19NO3. The molecule has 1 aliphatic heterocycles. The van der Waals surface area contributed by atoms with Crippen molar-refractivity contribution in [3.8, 4) is 5.75 Å². The molecule has 1 N–H and O–H groups in total. The van der Waals surface area contributed by atoms with Gasteiger partial charge in [-0.1, -0.05) is 18.2 Å². The molecule has 4 nitrogen and oxygen atoms in total. The highest BCUT2D eigenvalue weighted by Crippen LogP contribution is 2.17. The highest BCUT2D eigenvalue weighted by molar-refractivity contribution is 5.32. The van der Waals surface area contributed by atoms with Gasteiger partial charge in [-0.2, -0.15) is 0 Å². The van der Waals surface area contributed by atoms with E-state index in [9.17, 15) is 0 Å². The topological polar surface area (TPSA) is 41.9 Å². The molecule has 1 fully saturated rings. The van der Waals surface area contributed by atoms with Crippen molar-refractivity contribution in [1.82, 2.24) is 4.90 Å². The van der Waals surface area contributed by atoms with Crippen LogP contribution in [0.1, 0.15) is 5.56 Å². The van der Waals surface area contributed by atoms with Crippen LogP contribution in [0.25, 0.3) is 0 Å². The lowest BCUT2D eigenvalue weighted by atomic mass is 10.2. The number of nitrogens with zero attached hydrogens (tertiary/aromatic N) is 1. The SMILES string of the molecule is OCc1ccccc1OCCN1CCOCC1. The lowest BCUT2D eigenvalue weighted by Gasteiger charge is -2.26. The second-order valence-corrected chi connectivity index (χ2v) is 4.07. The second kappa shape index (κ2) is 6.59. The summed E-state index contributed by atoms with van der Waals surface area (Å²) in [7, 11) is 0. The Morgan fingerprint density at radius 2 is 2.00 bits per heavy atom. The molecule has 0 unspecified atom stereocenters. The van der Waals surface area contributed by atoms with E-state index in [4.69, 9.17) is 14.6 Å². The summed E-state index contributed by atoms with van der Waals surface area (Å²) >= 11 is 0. The van der Waals surface area contributed by atoms with Crippen molar-refractivity contribution in [1.29, 1.82) is 0 Å². The number of para-hydroxylation sites is 1. The Kier molecular flexibility index (Phi) is 4.79. The van der Waals surface area contributed by atoms with Crippen LogP contribution in [0.15, 0.2) is 24.3 Å². The molecule has 94 valence electrons. The van der Waals surface area contributed by atoms with Crippen molar-refractivity contribution in [3.63, 3.8) is 0 Å². The van der Waals surface area contributed by atoms with E-state index in [2.05, 4.69) is 4.90 Å². The summed E-state index contributed by atoms with van der Waals surface area (Å²) in [6, 6.07) is 7.60. The fourth-order valence-electron chi connectivity index (χ4n) is 1.88. The zero-order valence-electron chi connectivity index (χ0n) is 9.97. The van der Waals surface area contributed by atoms with Crippen LogP contribution in [-0.4, -0.2) is 49.5 Å². The van der Waals surface area contributed by atoms with Gasteiger partial charge in [0, 0.05) is 25.2 Å². The van der Waals surface area contributed by atoms with Crippen LogP contribution in [0.5, 0.6) is 5.75 Å². The van der Waals surface area contributed by atoms with E-state index < -0.39 is 0 Å². The first-order valence-electron chi connectivity index (χ1n) is 6.02. The predicted octanol–water partition coefficient (Wildman–Crippen LogP) is 0.890. The Morgan fingerprint density at radius 1 is 1.24 bits per heavy atom.